The van der Waals surface area contributed by atoms with E-state index in [1.54, 1.807) is 17.8 Å². The van der Waals surface area contributed by atoms with Gasteiger partial charge in [-0.2, -0.15) is 9.40 Å². The van der Waals surface area contributed by atoms with E-state index in [1.807, 2.05) is 20.9 Å². The lowest BCUT2D eigenvalue weighted by Crippen LogP contribution is -2.27. The first-order valence-electron chi connectivity index (χ1n) is 7.39. The quantitative estimate of drug-likeness (QED) is 0.793. The number of aryl methyl sites for hydroxylation is 2. The van der Waals surface area contributed by atoms with Crippen molar-refractivity contribution in [1.82, 2.24) is 14.1 Å². The highest BCUT2D eigenvalue weighted by Gasteiger charge is 2.24. The first-order valence-corrected chi connectivity index (χ1v) is 8.83. The Balaban J connectivity index is 2.36. The monoisotopic (exact) mass is 353 g/mol. The van der Waals surface area contributed by atoms with Crippen molar-refractivity contribution in [2.24, 2.45) is 7.05 Å². The van der Waals surface area contributed by atoms with Crippen LogP contribution in [0.4, 0.5) is 0 Å². The number of ether oxygens (including phenoxy) is 2. The zero-order valence-corrected chi connectivity index (χ0v) is 15.6. The molecule has 1 aromatic carbocycles. The first kappa shape index (κ1) is 18.3. The van der Waals surface area contributed by atoms with Crippen molar-refractivity contribution >= 4 is 10.0 Å². The van der Waals surface area contributed by atoms with Gasteiger partial charge in [-0.05, 0) is 26.0 Å². The molecule has 0 atom stereocenters. The molecule has 132 valence electrons. The van der Waals surface area contributed by atoms with Crippen LogP contribution in [0.3, 0.4) is 0 Å². The summed E-state index contributed by atoms with van der Waals surface area (Å²) in [4.78, 5) is 0.154. The molecular weight excluding hydrogens is 330 g/mol. The highest BCUT2D eigenvalue weighted by molar-refractivity contribution is 7.89. The van der Waals surface area contributed by atoms with Crippen LogP contribution in [0.5, 0.6) is 11.5 Å². The average molecular weight is 353 g/mol. The Morgan fingerprint density at radius 3 is 2.29 bits per heavy atom. The molecule has 0 spiro atoms. The van der Waals surface area contributed by atoms with Crippen LogP contribution in [0.25, 0.3) is 0 Å². The van der Waals surface area contributed by atoms with Crippen LogP contribution in [0.2, 0.25) is 0 Å². The van der Waals surface area contributed by atoms with E-state index in [0.717, 1.165) is 17.0 Å². The number of nitrogens with zero attached hydrogens (tertiary/aromatic N) is 3. The summed E-state index contributed by atoms with van der Waals surface area (Å²) in [6.07, 6.45) is 0. The van der Waals surface area contributed by atoms with Gasteiger partial charge in [-0.1, -0.05) is 0 Å². The van der Waals surface area contributed by atoms with Gasteiger partial charge < -0.3 is 9.47 Å². The summed E-state index contributed by atoms with van der Waals surface area (Å²) >= 11 is 0. The number of methoxy groups -OCH3 is 2. The second-order valence-corrected chi connectivity index (χ2v) is 7.60. The molecule has 1 aromatic heterocycles. The maximum Gasteiger partial charge on any atom is 0.243 e. The molecule has 2 aromatic rings. The van der Waals surface area contributed by atoms with Gasteiger partial charge in [-0.15, -0.1) is 0 Å². The van der Waals surface area contributed by atoms with Gasteiger partial charge in [0.2, 0.25) is 10.0 Å². The molecule has 0 fully saturated rings. The van der Waals surface area contributed by atoms with Gasteiger partial charge in [-0.3, -0.25) is 4.68 Å². The van der Waals surface area contributed by atoms with Gasteiger partial charge in [-0.25, -0.2) is 8.42 Å². The first-order chi connectivity index (χ1) is 11.2. The average Bonchev–Trinajstić information content (AvgIpc) is 2.80. The molecule has 2 rings (SSSR count). The van der Waals surface area contributed by atoms with E-state index in [-0.39, 0.29) is 11.4 Å². The molecule has 0 saturated heterocycles. The van der Waals surface area contributed by atoms with Crippen LogP contribution in [0.15, 0.2) is 23.1 Å². The van der Waals surface area contributed by atoms with E-state index < -0.39 is 10.0 Å². The van der Waals surface area contributed by atoms with Gasteiger partial charge in [0, 0.05) is 38.0 Å². The number of sulfonamides is 1. The van der Waals surface area contributed by atoms with E-state index in [4.69, 9.17) is 9.47 Å². The molecule has 8 heteroatoms. The molecule has 0 unspecified atom stereocenters. The van der Waals surface area contributed by atoms with Gasteiger partial charge in [0.05, 0.1) is 24.8 Å². The molecule has 0 saturated carbocycles. The summed E-state index contributed by atoms with van der Waals surface area (Å²) in [7, 11) is 2.72. The number of hydrogen-bond donors (Lipinski definition) is 0. The number of hydrogen-bond acceptors (Lipinski definition) is 5. The zero-order valence-electron chi connectivity index (χ0n) is 14.8. The highest BCUT2D eigenvalue weighted by Crippen LogP contribution is 2.31. The summed E-state index contributed by atoms with van der Waals surface area (Å²) in [5.41, 5.74) is 2.68. The van der Waals surface area contributed by atoms with Crippen molar-refractivity contribution in [3.05, 3.63) is 35.2 Å². The Morgan fingerprint density at radius 2 is 1.79 bits per heavy atom. The fourth-order valence-corrected chi connectivity index (χ4v) is 3.67. The molecule has 0 amide bonds. The summed E-state index contributed by atoms with van der Waals surface area (Å²) in [6, 6.07) is 4.56. The fourth-order valence-electron chi connectivity index (χ4n) is 2.51. The highest BCUT2D eigenvalue weighted by atomic mass is 32.2. The summed E-state index contributed by atoms with van der Waals surface area (Å²) < 4.78 is 39.1. The van der Waals surface area contributed by atoms with Gasteiger partial charge in [0.1, 0.15) is 0 Å². The normalized spacial score (nSPS) is 11.8. The Hall–Kier alpha value is -2.06. The minimum absolute atomic E-state index is 0.154. The molecule has 0 aliphatic rings. The van der Waals surface area contributed by atoms with Crippen LogP contribution in [-0.2, 0) is 23.6 Å². The lowest BCUT2D eigenvalue weighted by molar-refractivity contribution is 0.353. The molecule has 0 radical (unpaired) electrons. The zero-order chi connectivity index (χ0) is 18.1. The van der Waals surface area contributed by atoms with E-state index >= 15 is 0 Å². The predicted octanol–water partition coefficient (Wildman–Crippen LogP) is 1.87. The van der Waals surface area contributed by atoms with Gasteiger partial charge in [0.25, 0.3) is 0 Å². The lowest BCUT2D eigenvalue weighted by atomic mass is 10.2. The van der Waals surface area contributed by atoms with Crippen LogP contribution >= 0.6 is 0 Å². The van der Waals surface area contributed by atoms with Crippen LogP contribution in [0.1, 0.15) is 17.0 Å². The Kier molecular flexibility index (Phi) is 5.19. The van der Waals surface area contributed by atoms with Crippen molar-refractivity contribution in [2.45, 2.75) is 25.3 Å². The number of aromatic nitrogens is 2. The van der Waals surface area contributed by atoms with Crippen LogP contribution in [-0.4, -0.2) is 43.8 Å². The van der Waals surface area contributed by atoms with Crippen molar-refractivity contribution in [1.29, 1.82) is 0 Å². The third-order valence-electron chi connectivity index (χ3n) is 4.10. The van der Waals surface area contributed by atoms with Crippen molar-refractivity contribution in [3.8, 4) is 11.5 Å². The molecule has 24 heavy (non-hydrogen) atoms. The standard InChI is InChI=1S/C16H23N3O4S/c1-11-14(12(2)19(4)17-11)10-18(3)24(20,21)13-7-8-15(22-5)16(9-13)23-6/h7-9H,10H2,1-6H3. The molecule has 7 nitrogen and oxygen atoms in total. The van der Waals surface area contributed by atoms with Crippen LogP contribution < -0.4 is 9.47 Å². The Morgan fingerprint density at radius 1 is 1.17 bits per heavy atom. The topological polar surface area (TPSA) is 73.7 Å². The third-order valence-corrected chi connectivity index (χ3v) is 5.90. The largest absolute Gasteiger partial charge is 0.493 e. The van der Waals surface area contributed by atoms with Crippen LogP contribution in [0, 0.1) is 13.8 Å². The Bertz CT molecular complexity index is 843. The molecule has 0 N–H and O–H groups in total. The van der Waals surface area contributed by atoms with Crippen molar-refractivity contribution < 1.29 is 17.9 Å². The van der Waals surface area contributed by atoms with Gasteiger partial charge >= 0.3 is 0 Å². The van der Waals surface area contributed by atoms with Gasteiger partial charge in [0.15, 0.2) is 11.5 Å². The number of rotatable bonds is 6. The maximum atomic E-state index is 12.8. The van der Waals surface area contributed by atoms with E-state index in [1.165, 1.54) is 30.7 Å². The minimum atomic E-state index is -3.66. The minimum Gasteiger partial charge on any atom is -0.493 e. The molecule has 0 bridgehead atoms. The second kappa shape index (κ2) is 6.82. The SMILES string of the molecule is COc1ccc(S(=O)(=O)N(C)Cc2c(C)nn(C)c2C)cc1OC. The van der Waals surface area contributed by atoms with Crippen molar-refractivity contribution in [3.63, 3.8) is 0 Å². The lowest BCUT2D eigenvalue weighted by Gasteiger charge is -2.18. The molecule has 0 aliphatic carbocycles. The fraction of sp³-hybridized carbons (Fsp3) is 0.438. The van der Waals surface area contributed by atoms with E-state index in [0.29, 0.717) is 11.5 Å². The molecule has 1 heterocycles. The third kappa shape index (κ3) is 3.25. The Labute approximate surface area is 142 Å². The molecular formula is C16H23N3O4S. The summed E-state index contributed by atoms with van der Waals surface area (Å²) in [5.74, 6) is 0.860. The summed E-state index contributed by atoms with van der Waals surface area (Å²) in [5, 5.41) is 4.33. The predicted molar refractivity (Wildman–Crippen MR) is 90.9 cm³/mol. The second-order valence-electron chi connectivity index (χ2n) is 5.55. The van der Waals surface area contributed by atoms with Crippen molar-refractivity contribution in [2.75, 3.05) is 21.3 Å². The van der Waals surface area contributed by atoms with E-state index in [2.05, 4.69) is 5.10 Å². The summed E-state index contributed by atoms with van der Waals surface area (Å²) in [6.45, 7) is 4.05. The molecule has 0 aliphatic heterocycles. The number of benzene rings is 1. The smallest absolute Gasteiger partial charge is 0.243 e. The van der Waals surface area contributed by atoms with E-state index in [9.17, 15) is 8.42 Å². The maximum absolute atomic E-state index is 12.8.